The Morgan fingerprint density at radius 3 is 3.00 bits per heavy atom. The van der Waals surface area contributed by atoms with Crippen molar-refractivity contribution < 1.29 is 4.79 Å². The van der Waals surface area contributed by atoms with Gasteiger partial charge in [-0.2, -0.15) is 0 Å². The van der Waals surface area contributed by atoms with E-state index in [4.69, 9.17) is 5.73 Å². The van der Waals surface area contributed by atoms with Crippen molar-refractivity contribution in [3.05, 3.63) is 29.6 Å². The van der Waals surface area contributed by atoms with Gasteiger partial charge in [0, 0.05) is 24.5 Å². The molecule has 1 atom stereocenters. The van der Waals surface area contributed by atoms with Crippen molar-refractivity contribution in [3.63, 3.8) is 0 Å². The fourth-order valence-electron chi connectivity index (χ4n) is 1.19. The Labute approximate surface area is 89.9 Å². The van der Waals surface area contributed by atoms with Crippen LogP contribution in [-0.4, -0.2) is 23.5 Å². The fraction of sp³-hybridized carbons (Fsp3) is 0.455. The molecule has 1 unspecified atom stereocenters. The van der Waals surface area contributed by atoms with Crippen molar-refractivity contribution >= 4 is 5.91 Å². The van der Waals surface area contributed by atoms with E-state index in [9.17, 15) is 4.79 Å². The second kappa shape index (κ2) is 5.46. The normalized spacial score (nSPS) is 12.2. The summed E-state index contributed by atoms with van der Waals surface area (Å²) in [7, 11) is 0. The van der Waals surface area contributed by atoms with Crippen LogP contribution in [0.5, 0.6) is 0 Å². The molecule has 1 heterocycles. The minimum Gasteiger partial charge on any atom is -0.350 e. The molecule has 82 valence electrons. The summed E-state index contributed by atoms with van der Waals surface area (Å²) in [5.41, 5.74) is 7.06. The molecule has 1 amide bonds. The largest absolute Gasteiger partial charge is 0.350 e. The summed E-state index contributed by atoms with van der Waals surface area (Å²) in [5, 5.41) is 2.79. The van der Waals surface area contributed by atoms with Crippen molar-refractivity contribution in [2.45, 2.75) is 26.3 Å². The molecule has 0 bridgehead atoms. The van der Waals surface area contributed by atoms with Gasteiger partial charge in [0.25, 0.3) is 5.91 Å². The molecule has 0 radical (unpaired) electrons. The predicted octanol–water partition coefficient (Wildman–Crippen LogP) is 0.857. The SMILES string of the molecule is CCC(N)CNC(=O)c1cccnc1C. The first-order valence-electron chi connectivity index (χ1n) is 5.10. The maximum Gasteiger partial charge on any atom is 0.253 e. The lowest BCUT2D eigenvalue weighted by Gasteiger charge is -2.10. The number of hydrogen-bond donors (Lipinski definition) is 2. The molecule has 3 N–H and O–H groups in total. The average molecular weight is 207 g/mol. The maximum atomic E-state index is 11.7. The van der Waals surface area contributed by atoms with Crippen LogP contribution in [0.2, 0.25) is 0 Å². The zero-order chi connectivity index (χ0) is 11.3. The summed E-state index contributed by atoms with van der Waals surface area (Å²) in [6.07, 6.45) is 2.52. The van der Waals surface area contributed by atoms with E-state index in [1.165, 1.54) is 0 Å². The van der Waals surface area contributed by atoms with Crippen LogP contribution in [0.3, 0.4) is 0 Å². The lowest BCUT2D eigenvalue weighted by Crippen LogP contribution is -2.37. The van der Waals surface area contributed by atoms with Crippen LogP contribution >= 0.6 is 0 Å². The molecule has 0 aliphatic rings. The molecular weight excluding hydrogens is 190 g/mol. The first kappa shape index (κ1) is 11.7. The highest BCUT2D eigenvalue weighted by Crippen LogP contribution is 2.02. The van der Waals surface area contributed by atoms with Crippen LogP contribution in [0.25, 0.3) is 0 Å². The van der Waals surface area contributed by atoms with Crippen molar-refractivity contribution in [1.82, 2.24) is 10.3 Å². The number of hydrogen-bond acceptors (Lipinski definition) is 3. The molecule has 4 heteroatoms. The third-order valence-electron chi connectivity index (χ3n) is 2.30. The van der Waals surface area contributed by atoms with Gasteiger partial charge in [-0.3, -0.25) is 9.78 Å². The molecule has 1 aromatic rings. The number of carbonyl (C=O) groups is 1. The Hall–Kier alpha value is -1.42. The number of carbonyl (C=O) groups excluding carboxylic acids is 1. The van der Waals surface area contributed by atoms with Crippen molar-refractivity contribution in [3.8, 4) is 0 Å². The Balaban J connectivity index is 2.58. The number of pyridine rings is 1. The molecular formula is C11H17N3O. The monoisotopic (exact) mass is 207 g/mol. The van der Waals surface area contributed by atoms with E-state index in [-0.39, 0.29) is 11.9 Å². The first-order valence-corrected chi connectivity index (χ1v) is 5.10. The standard InChI is InChI=1S/C11H17N3O/c1-3-9(12)7-14-11(15)10-5-4-6-13-8(10)2/h4-6,9H,3,7,12H2,1-2H3,(H,14,15). The molecule has 1 aromatic heterocycles. The van der Waals surface area contributed by atoms with E-state index >= 15 is 0 Å². The molecule has 0 saturated carbocycles. The highest BCUT2D eigenvalue weighted by Gasteiger charge is 2.09. The number of aryl methyl sites for hydroxylation is 1. The molecule has 0 aliphatic carbocycles. The Morgan fingerprint density at radius 1 is 1.67 bits per heavy atom. The van der Waals surface area contributed by atoms with Crippen molar-refractivity contribution in [1.29, 1.82) is 0 Å². The van der Waals surface area contributed by atoms with E-state index < -0.39 is 0 Å². The molecule has 0 aromatic carbocycles. The van der Waals surface area contributed by atoms with Crippen LogP contribution in [0.4, 0.5) is 0 Å². The first-order chi connectivity index (χ1) is 7.15. The summed E-state index contributed by atoms with van der Waals surface area (Å²) in [5.74, 6) is -0.107. The van der Waals surface area contributed by atoms with Gasteiger partial charge in [-0.05, 0) is 25.5 Å². The van der Waals surface area contributed by atoms with E-state index in [0.29, 0.717) is 12.1 Å². The van der Waals surface area contributed by atoms with Crippen LogP contribution in [0, 0.1) is 6.92 Å². The average Bonchev–Trinajstić information content (AvgIpc) is 2.26. The predicted molar refractivity (Wildman–Crippen MR) is 59.6 cm³/mol. The summed E-state index contributed by atoms with van der Waals surface area (Å²) in [4.78, 5) is 15.7. The number of aromatic nitrogens is 1. The second-order valence-electron chi connectivity index (χ2n) is 3.51. The highest BCUT2D eigenvalue weighted by atomic mass is 16.1. The summed E-state index contributed by atoms with van der Waals surface area (Å²) in [6.45, 7) is 4.31. The van der Waals surface area contributed by atoms with E-state index in [2.05, 4.69) is 10.3 Å². The zero-order valence-electron chi connectivity index (χ0n) is 9.16. The van der Waals surface area contributed by atoms with E-state index in [1.54, 1.807) is 18.3 Å². The van der Waals surface area contributed by atoms with Gasteiger partial charge in [-0.15, -0.1) is 0 Å². The lowest BCUT2D eigenvalue weighted by atomic mass is 10.2. The van der Waals surface area contributed by atoms with Gasteiger partial charge in [0.2, 0.25) is 0 Å². The van der Waals surface area contributed by atoms with E-state index in [1.807, 2.05) is 13.8 Å². The van der Waals surface area contributed by atoms with Gasteiger partial charge in [0.05, 0.1) is 5.56 Å². The molecule has 15 heavy (non-hydrogen) atoms. The van der Waals surface area contributed by atoms with Crippen LogP contribution < -0.4 is 11.1 Å². The minimum atomic E-state index is -0.107. The molecule has 0 saturated heterocycles. The van der Waals surface area contributed by atoms with Crippen LogP contribution in [0.1, 0.15) is 29.4 Å². The van der Waals surface area contributed by atoms with E-state index in [0.717, 1.165) is 12.1 Å². The molecule has 0 spiro atoms. The van der Waals surface area contributed by atoms with Gasteiger partial charge >= 0.3 is 0 Å². The number of nitrogens with one attached hydrogen (secondary N) is 1. The minimum absolute atomic E-state index is 0.0194. The Bertz CT molecular complexity index is 338. The third kappa shape index (κ3) is 3.32. The van der Waals surface area contributed by atoms with Gasteiger partial charge in [-0.25, -0.2) is 0 Å². The van der Waals surface area contributed by atoms with Crippen LogP contribution in [-0.2, 0) is 0 Å². The van der Waals surface area contributed by atoms with Gasteiger partial charge in [0.15, 0.2) is 0 Å². The van der Waals surface area contributed by atoms with Crippen LogP contribution in [0.15, 0.2) is 18.3 Å². The molecule has 4 nitrogen and oxygen atoms in total. The summed E-state index contributed by atoms with van der Waals surface area (Å²) in [6, 6.07) is 3.53. The number of rotatable bonds is 4. The maximum absolute atomic E-state index is 11.7. The third-order valence-corrected chi connectivity index (χ3v) is 2.30. The van der Waals surface area contributed by atoms with Gasteiger partial charge in [0.1, 0.15) is 0 Å². The topological polar surface area (TPSA) is 68.0 Å². The number of nitrogens with zero attached hydrogens (tertiary/aromatic N) is 1. The van der Waals surface area contributed by atoms with Crippen molar-refractivity contribution in [2.75, 3.05) is 6.54 Å². The highest BCUT2D eigenvalue weighted by molar-refractivity contribution is 5.95. The second-order valence-corrected chi connectivity index (χ2v) is 3.51. The summed E-state index contributed by atoms with van der Waals surface area (Å²) >= 11 is 0. The molecule has 0 aliphatic heterocycles. The fourth-order valence-corrected chi connectivity index (χ4v) is 1.19. The smallest absolute Gasteiger partial charge is 0.253 e. The zero-order valence-corrected chi connectivity index (χ0v) is 9.16. The van der Waals surface area contributed by atoms with Gasteiger partial charge < -0.3 is 11.1 Å². The number of amides is 1. The van der Waals surface area contributed by atoms with Gasteiger partial charge in [-0.1, -0.05) is 6.92 Å². The molecule has 0 fully saturated rings. The Kier molecular flexibility index (Phi) is 4.24. The summed E-state index contributed by atoms with van der Waals surface area (Å²) < 4.78 is 0. The lowest BCUT2D eigenvalue weighted by molar-refractivity contribution is 0.0950. The van der Waals surface area contributed by atoms with Crippen molar-refractivity contribution in [2.24, 2.45) is 5.73 Å². The quantitative estimate of drug-likeness (QED) is 0.769. The molecule has 1 rings (SSSR count). The number of nitrogens with two attached hydrogens (primary N) is 1. The Morgan fingerprint density at radius 2 is 2.40 bits per heavy atom.